The van der Waals surface area contributed by atoms with Gasteiger partial charge in [0.25, 0.3) is 0 Å². The monoisotopic (exact) mass is 235 g/mol. The van der Waals surface area contributed by atoms with Crippen molar-refractivity contribution in [3.8, 4) is 0 Å². The lowest BCUT2D eigenvalue weighted by Gasteiger charge is -1.89. The van der Waals surface area contributed by atoms with Crippen LogP contribution in [0.25, 0.3) is 0 Å². The summed E-state index contributed by atoms with van der Waals surface area (Å²) in [6, 6.07) is 0. The lowest BCUT2D eigenvalue weighted by atomic mass is 10.7. The number of ether oxygens (including phenoxy) is 2. The number of nitrogens with two attached hydrogens (primary N) is 1. The zero-order valence-corrected chi connectivity index (χ0v) is 10.1. The minimum absolute atomic E-state index is 0.356. The van der Waals surface area contributed by atoms with E-state index < -0.39 is 12.1 Å². The van der Waals surface area contributed by atoms with Gasteiger partial charge in [-0.3, -0.25) is 0 Å². The first-order valence-corrected chi connectivity index (χ1v) is 4.81. The molecule has 0 saturated carbocycles. The Morgan fingerprint density at radius 1 is 1.25 bits per heavy atom. The van der Waals surface area contributed by atoms with Gasteiger partial charge in [0.1, 0.15) is 0 Å². The molecule has 0 aromatic rings. The Bertz CT molecular complexity index is 180. The Hall–Kier alpha value is -1.56. The van der Waals surface area contributed by atoms with Crippen LogP contribution in [0.3, 0.4) is 0 Å². The second kappa shape index (κ2) is 19.1. The van der Waals surface area contributed by atoms with Gasteiger partial charge < -0.3 is 20.3 Å². The van der Waals surface area contributed by atoms with E-state index in [9.17, 15) is 9.59 Å². The predicted octanol–water partition coefficient (Wildman–Crippen LogP) is 1.40. The molecule has 0 aliphatic rings. The van der Waals surface area contributed by atoms with Gasteiger partial charge in [-0.05, 0) is 20.8 Å². The third kappa shape index (κ3) is 55.0. The fourth-order valence-corrected chi connectivity index (χ4v) is 0.346. The van der Waals surface area contributed by atoms with Crippen molar-refractivity contribution in [2.75, 3.05) is 19.8 Å². The molecule has 0 radical (unpaired) electrons. The maximum absolute atomic E-state index is 9.60. The van der Waals surface area contributed by atoms with Crippen LogP contribution < -0.4 is 5.73 Å². The van der Waals surface area contributed by atoms with Crippen molar-refractivity contribution in [3.05, 3.63) is 12.7 Å². The van der Waals surface area contributed by atoms with Gasteiger partial charge in [0.15, 0.2) is 0 Å². The molecule has 0 heterocycles. The fourth-order valence-electron chi connectivity index (χ4n) is 0.346. The molecule has 96 valence electrons. The third-order valence-corrected chi connectivity index (χ3v) is 0.869. The van der Waals surface area contributed by atoms with E-state index in [1.165, 1.54) is 0 Å². The van der Waals surface area contributed by atoms with Gasteiger partial charge in [-0.1, -0.05) is 6.58 Å². The van der Waals surface area contributed by atoms with E-state index >= 15 is 0 Å². The maximum Gasteiger partial charge on any atom is 0.404 e. The van der Waals surface area contributed by atoms with Crippen molar-refractivity contribution in [1.82, 2.24) is 0 Å². The molecule has 0 rings (SSSR count). The highest BCUT2D eigenvalue weighted by molar-refractivity contribution is 5.78. The molecule has 0 spiro atoms. The van der Waals surface area contributed by atoms with Crippen molar-refractivity contribution in [2.24, 2.45) is 5.73 Å². The Morgan fingerprint density at radius 2 is 1.62 bits per heavy atom. The van der Waals surface area contributed by atoms with Gasteiger partial charge in [-0.25, -0.2) is 9.59 Å². The quantitative estimate of drug-likeness (QED) is 0.717. The summed E-state index contributed by atoms with van der Waals surface area (Å²) >= 11 is 0. The lowest BCUT2D eigenvalue weighted by molar-refractivity contribution is -0.131. The van der Waals surface area contributed by atoms with Gasteiger partial charge in [0, 0.05) is 19.3 Å². The van der Waals surface area contributed by atoms with Crippen LogP contribution in [0.1, 0.15) is 20.8 Å². The third-order valence-electron chi connectivity index (χ3n) is 0.869. The van der Waals surface area contributed by atoms with Crippen molar-refractivity contribution < 1.29 is 24.2 Å². The number of carboxylic acids is 1. The Morgan fingerprint density at radius 3 is 1.62 bits per heavy atom. The number of primary amides is 1. The summed E-state index contributed by atoms with van der Waals surface area (Å²) in [4.78, 5) is 18.8. The van der Waals surface area contributed by atoms with Crippen LogP contribution in [0, 0.1) is 0 Å². The van der Waals surface area contributed by atoms with Crippen molar-refractivity contribution >= 4 is 12.1 Å². The molecule has 0 bridgehead atoms. The van der Waals surface area contributed by atoms with Crippen LogP contribution in [0.4, 0.5) is 4.79 Å². The Kier molecular flexibility index (Phi) is 23.8. The van der Waals surface area contributed by atoms with E-state index in [4.69, 9.17) is 9.84 Å². The van der Waals surface area contributed by atoms with E-state index in [1.807, 2.05) is 13.8 Å². The molecular formula is C10H21NO5. The average Bonchev–Trinajstić information content (AvgIpc) is 2.20. The molecule has 16 heavy (non-hydrogen) atoms. The highest BCUT2D eigenvalue weighted by Gasteiger charge is 1.82. The fraction of sp³-hybridized carbons (Fsp3) is 0.600. The van der Waals surface area contributed by atoms with Crippen molar-refractivity contribution in [3.63, 3.8) is 0 Å². The average molecular weight is 235 g/mol. The summed E-state index contributed by atoms with van der Waals surface area (Å²) in [5.74, 6) is -0.981. The predicted molar refractivity (Wildman–Crippen MR) is 61.2 cm³/mol. The van der Waals surface area contributed by atoms with Gasteiger partial charge in [0.05, 0.1) is 6.61 Å². The maximum atomic E-state index is 9.60. The molecule has 0 aromatic heterocycles. The molecule has 6 heteroatoms. The normalized spacial score (nSPS) is 7.44. The van der Waals surface area contributed by atoms with E-state index in [0.29, 0.717) is 6.61 Å². The van der Waals surface area contributed by atoms with Crippen LogP contribution >= 0.6 is 0 Å². The zero-order valence-electron chi connectivity index (χ0n) is 10.1. The number of hydrogen-bond donors (Lipinski definition) is 2. The van der Waals surface area contributed by atoms with Crippen molar-refractivity contribution in [1.29, 1.82) is 0 Å². The molecule has 0 aliphatic heterocycles. The number of carbonyl (C=O) groups is 2. The molecule has 0 aliphatic carbocycles. The minimum Gasteiger partial charge on any atom is -0.478 e. The molecule has 6 nitrogen and oxygen atoms in total. The smallest absolute Gasteiger partial charge is 0.404 e. The first kappa shape index (κ1) is 19.9. The Balaban J connectivity index is -0.000000160. The molecule has 0 atom stereocenters. The summed E-state index contributed by atoms with van der Waals surface area (Å²) in [7, 11) is 0. The molecule has 3 N–H and O–H groups in total. The van der Waals surface area contributed by atoms with E-state index in [2.05, 4.69) is 17.0 Å². The summed E-state index contributed by atoms with van der Waals surface area (Å²) in [6.45, 7) is 10.7. The van der Waals surface area contributed by atoms with E-state index in [1.54, 1.807) is 6.92 Å². The first-order valence-electron chi connectivity index (χ1n) is 4.81. The second-order valence-electron chi connectivity index (χ2n) is 2.08. The molecule has 0 unspecified atom stereocenters. The number of amides is 1. The van der Waals surface area contributed by atoms with Crippen molar-refractivity contribution in [2.45, 2.75) is 20.8 Å². The topological polar surface area (TPSA) is 98.9 Å². The van der Waals surface area contributed by atoms with E-state index in [-0.39, 0.29) is 0 Å². The summed E-state index contributed by atoms with van der Waals surface area (Å²) in [5.41, 5.74) is 4.54. The van der Waals surface area contributed by atoms with Crippen LogP contribution in [0.5, 0.6) is 0 Å². The van der Waals surface area contributed by atoms with Crippen LogP contribution in [0.2, 0.25) is 0 Å². The molecule has 0 saturated heterocycles. The number of carbonyl (C=O) groups excluding carboxylic acids is 1. The second-order valence-corrected chi connectivity index (χ2v) is 2.08. The lowest BCUT2D eigenvalue weighted by Crippen LogP contribution is -2.11. The summed E-state index contributed by atoms with van der Waals surface area (Å²) < 4.78 is 9.01. The van der Waals surface area contributed by atoms with Crippen LogP contribution in [-0.2, 0) is 14.3 Å². The minimum atomic E-state index is -0.981. The summed E-state index contributed by atoms with van der Waals surface area (Å²) in [5, 5.41) is 7.60. The highest BCUT2D eigenvalue weighted by atomic mass is 16.5. The van der Waals surface area contributed by atoms with Gasteiger partial charge in [-0.2, -0.15) is 0 Å². The Labute approximate surface area is 96.0 Å². The number of hydrogen-bond acceptors (Lipinski definition) is 4. The van der Waals surface area contributed by atoms with Crippen LogP contribution in [-0.4, -0.2) is 37.0 Å². The highest BCUT2D eigenvalue weighted by Crippen LogP contribution is 1.66. The van der Waals surface area contributed by atoms with Gasteiger partial charge in [0.2, 0.25) is 0 Å². The summed E-state index contributed by atoms with van der Waals surface area (Å²) in [6.07, 6.45) is 0.123. The molecular weight excluding hydrogens is 214 g/mol. The molecule has 0 aromatic carbocycles. The SMILES string of the molecule is C=CC(=O)O.CCOC(N)=O.CCOCC. The number of carboxylic acid groups (broad SMARTS) is 1. The number of rotatable bonds is 4. The standard InChI is InChI=1S/C4H10O.C3H7NO2.C3H4O2/c1-3-5-4-2;1-2-6-3(4)5;1-2-3(4)5/h3-4H2,1-2H3;2H2,1H3,(H2,4,5);2H,1H2,(H,4,5). The number of aliphatic carboxylic acids is 1. The van der Waals surface area contributed by atoms with Gasteiger partial charge in [-0.15, -0.1) is 0 Å². The van der Waals surface area contributed by atoms with Crippen LogP contribution in [0.15, 0.2) is 12.7 Å². The zero-order chi connectivity index (χ0) is 13.4. The molecule has 1 amide bonds. The first-order chi connectivity index (χ1) is 7.45. The van der Waals surface area contributed by atoms with E-state index in [0.717, 1.165) is 19.3 Å². The molecule has 0 fully saturated rings. The van der Waals surface area contributed by atoms with Gasteiger partial charge >= 0.3 is 12.1 Å². The largest absolute Gasteiger partial charge is 0.478 e.